The van der Waals surface area contributed by atoms with Gasteiger partial charge in [-0.2, -0.15) is 10.1 Å². The number of hydrogen-bond donors (Lipinski definition) is 3. The van der Waals surface area contributed by atoms with Gasteiger partial charge in [0.15, 0.2) is 6.17 Å². The highest BCUT2D eigenvalue weighted by Crippen LogP contribution is 2.37. The van der Waals surface area contributed by atoms with Crippen molar-refractivity contribution in [2.45, 2.75) is 25.6 Å². The maximum atomic E-state index is 12.7. The molecule has 0 aliphatic carbocycles. The normalized spacial score (nSPS) is 18.2. The first-order valence-corrected chi connectivity index (χ1v) is 9.49. The third-order valence-corrected chi connectivity index (χ3v) is 5.48. The van der Waals surface area contributed by atoms with Crippen molar-refractivity contribution in [3.05, 3.63) is 57.5 Å². The van der Waals surface area contributed by atoms with Crippen molar-refractivity contribution >= 4 is 58.2 Å². The van der Waals surface area contributed by atoms with Gasteiger partial charge in [-0.05, 0) is 50.2 Å². The summed E-state index contributed by atoms with van der Waals surface area (Å²) in [5.41, 5.74) is -0.789. The molecule has 1 heterocycles. The van der Waals surface area contributed by atoms with Crippen LogP contribution in [0.3, 0.4) is 0 Å². The predicted octanol–water partition coefficient (Wildman–Crippen LogP) is 5.31. The van der Waals surface area contributed by atoms with Gasteiger partial charge in [-0.3, -0.25) is 15.3 Å². The Balaban J connectivity index is 1.94. The number of carbonyl (C=O) groups excluding carboxylic acids is 2. The highest BCUT2D eigenvalue weighted by molar-refractivity contribution is 6.42. The zero-order valence-corrected chi connectivity index (χ0v) is 17.6. The molecule has 3 N–H and O–H groups in total. The fourth-order valence-electron chi connectivity index (χ4n) is 3.03. The number of urea groups is 2. The smallest absolute Gasteiger partial charge is 0.306 e. The van der Waals surface area contributed by atoms with E-state index >= 15 is 0 Å². The van der Waals surface area contributed by atoms with E-state index < -0.39 is 23.8 Å². The van der Waals surface area contributed by atoms with Gasteiger partial charge in [0.1, 0.15) is 5.54 Å². The lowest BCUT2D eigenvalue weighted by Gasteiger charge is -2.36. The van der Waals surface area contributed by atoms with Crippen LogP contribution in [0.2, 0.25) is 15.1 Å². The van der Waals surface area contributed by atoms with Gasteiger partial charge in [-0.1, -0.05) is 40.9 Å². The Bertz CT molecular complexity index is 972. The highest BCUT2D eigenvalue weighted by Gasteiger charge is 2.56. The van der Waals surface area contributed by atoms with E-state index in [-0.39, 0.29) is 10.7 Å². The van der Waals surface area contributed by atoms with E-state index in [0.717, 1.165) is 4.90 Å². The van der Waals surface area contributed by atoms with E-state index in [0.29, 0.717) is 25.9 Å². The molecule has 0 radical (unpaired) electrons. The lowest BCUT2D eigenvalue weighted by atomic mass is 10.0. The van der Waals surface area contributed by atoms with E-state index in [1.165, 1.54) is 38.1 Å². The summed E-state index contributed by atoms with van der Waals surface area (Å²) < 4.78 is 0. The van der Waals surface area contributed by atoms with Crippen molar-refractivity contribution in [3.63, 3.8) is 0 Å². The van der Waals surface area contributed by atoms with Crippen molar-refractivity contribution in [2.24, 2.45) is 0 Å². The van der Waals surface area contributed by atoms with Crippen LogP contribution >= 0.6 is 34.8 Å². The van der Waals surface area contributed by atoms with Crippen LogP contribution in [-0.4, -0.2) is 44.3 Å². The molecule has 1 aliphatic rings. The quantitative estimate of drug-likeness (QED) is 0.428. The van der Waals surface area contributed by atoms with Crippen LogP contribution in [0.5, 0.6) is 0 Å². The monoisotopic (exact) mass is 458 g/mol. The molecule has 0 spiro atoms. The van der Waals surface area contributed by atoms with Crippen LogP contribution < -0.4 is 10.2 Å². The third kappa shape index (κ3) is 3.94. The summed E-state index contributed by atoms with van der Waals surface area (Å²) in [5.74, 6) is 0. The van der Waals surface area contributed by atoms with Crippen molar-refractivity contribution in [1.29, 1.82) is 0 Å². The Morgan fingerprint density at radius 1 is 1.14 bits per heavy atom. The van der Waals surface area contributed by atoms with Crippen molar-refractivity contribution in [1.82, 2.24) is 10.1 Å². The van der Waals surface area contributed by atoms with E-state index in [4.69, 9.17) is 34.8 Å². The van der Waals surface area contributed by atoms with Crippen LogP contribution in [-0.2, 0) is 0 Å². The van der Waals surface area contributed by atoms with Crippen LogP contribution in [0.4, 0.5) is 21.0 Å². The molecule has 0 unspecified atom stereocenters. The number of carbonyl (C=O) groups is 2. The minimum atomic E-state index is -1.36. The molecule has 2 aromatic carbocycles. The summed E-state index contributed by atoms with van der Waals surface area (Å²) in [6.45, 7) is 2.99. The maximum absolute atomic E-state index is 12.7. The topological polar surface area (TPSA) is 96.3 Å². The second-order valence-corrected chi connectivity index (χ2v) is 8.13. The van der Waals surface area contributed by atoms with Gasteiger partial charge in [-0.25, -0.2) is 9.59 Å². The number of amides is 4. The number of halogens is 3. The first kappa shape index (κ1) is 21.5. The second kappa shape index (κ2) is 7.89. The van der Waals surface area contributed by atoms with Crippen LogP contribution in [0, 0.1) is 0 Å². The third-order valence-electron chi connectivity index (χ3n) is 4.51. The van der Waals surface area contributed by atoms with Crippen LogP contribution in [0.15, 0.2) is 42.5 Å². The molecule has 2 aromatic rings. The highest BCUT2D eigenvalue weighted by atomic mass is 35.5. The molecule has 3 rings (SSSR count). The number of benzene rings is 2. The number of rotatable bonds is 3. The summed E-state index contributed by atoms with van der Waals surface area (Å²) in [4.78, 5) is 26.4. The molecule has 1 fully saturated rings. The van der Waals surface area contributed by atoms with Gasteiger partial charge >= 0.3 is 12.1 Å². The van der Waals surface area contributed by atoms with Crippen LogP contribution in [0.25, 0.3) is 0 Å². The largest absolute Gasteiger partial charge is 0.350 e. The van der Waals surface area contributed by atoms with E-state index in [2.05, 4.69) is 5.32 Å². The number of anilines is 2. The Kier molecular flexibility index (Phi) is 5.84. The number of hydrogen-bond acceptors (Lipinski definition) is 4. The number of nitrogens with one attached hydrogen (secondary N) is 1. The lowest BCUT2D eigenvalue weighted by Crippen LogP contribution is -2.57. The standard InChI is InChI=1S/C18H17Cl3N4O4/c1-18(2)15(23(17(27)25(18)29)12-5-3-4-10(19)8-12)24(28)16(26)22-11-6-7-13(20)14(21)9-11/h3-9,15,28-29H,1-2H3,(H,22,26)/t15-/m0/s1. The molecule has 0 saturated carbocycles. The molecule has 4 amide bonds. The van der Waals surface area contributed by atoms with Gasteiger partial charge in [-0.15, -0.1) is 0 Å². The fraction of sp³-hybridized carbons (Fsp3) is 0.222. The van der Waals surface area contributed by atoms with Gasteiger partial charge < -0.3 is 5.32 Å². The van der Waals surface area contributed by atoms with E-state index in [9.17, 15) is 20.0 Å². The van der Waals surface area contributed by atoms with Crippen molar-refractivity contribution in [2.75, 3.05) is 10.2 Å². The Labute approximate surface area is 181 Å². The van der Waals surface area contributed by atoms with Gasteiger partial charge in [0.05, 0.1) is 10.0 Å². The van der Waals surface area contributed by atoms with Gasteiger partial charge in [0.2, 0.25) is 0 Å². The van der Waals surface area contributed by atoms with Crippen molar-refractivity contribution < 1.29 is 20.0 Å². The summed E-state index contributed by atoms with van der Waals surface area (Å²) >= 11 is 17.8. The molecule has 1 saturated heterocycles. The molecule has 1 atom stereocenters. The molecule has 11 heteroatoms. The van der Waals surface area contributed by atoms with Crippen LogP contribution in [0.1, 0.15) is 13.8 Å². The van der Waals surface area contributed by atoms with Gasteiger partial charge in [0, 0.05) is 16.4 Å². The van der Waals surface area contributed by atoms with E-state index in [1.54, 1.807) is 18.2 Å². The lowest BCUT2D eigenvalue weighted by molar-refractivity contribution is -0.150. The molecule has 0 aromatic heterocycles. The first-order valence-electron chi connectivity index (χ1n) is 8.36. The minimum Gasteiger partial charge on any atom is -0.306 e. The average Bonchev–Trinajstić information content (AvgIpc) is 2.84. The molecule has 1 aliphatic heterocycles. The SMILES string of the molecule is CC1(C)[C@H](N(O)C(=O)Nc2ccc(Cl)c(Cl)c2)N(c2cccc(Cl)c2)C(=O)N1O. The summed E-state index contributed by atoms with van der Waals surface area (Å²) in [7, 11) is 0. The Morgan fingerprint density at radius 2 is 1.83 bits per heavy atom. The molecule has 154 valence electrons. The fourth-order valence-corrected chi connectivity index (χ4v) is 3.51. The second-order valence-electron chi connectivity index (χ2n) is 6.88. The molecular weight excluding hydrogens is 443 g/mol. The molecule has 29 heavy (non-hydrogen) atoms. The Hall–Kier alpha value is -2.23. The molecule has 8 nitrogen and oxygen atoms in total. The van der Waals surface area contributed by atoms with Crippen molar-refractivity contribution in [3.8, 4) is 0 Å². The zero-order chi connectivity index (χ0) is 21.5. The summed E-state index contributed by atoms with van der Waals surface area (Å²) in [6.07, 6.45) is -1.28. The molecular formula is C18H17Cl3N4O4. The number of nitrogens with zero attached hydrogens (tertiary/aromatic N) is 3. The summed E-state index contributed by atoms with van der Waals surface area (Å²) in [5, 5.41) is 25.1. The molecule has 0 bridgehead atoms. The van der Waals surface area contributed by atoms with E-state index in [1.807, 2.05) is 0 Å². The summed E-state index contributed by atoms with van der Waals surface area (Å²) in [6, 6.07) is 8.87. The number of hydroxylamine groups is 4. The minimum absolute atomic E-state index is 0.215. The average molecular weight is 460 g/mol. The van der Waals surface area contributed by atoms with Gasteiger partial charge in [0.25, 0.3) is 0 Å². The predicted molar refractivity (Wildman–Crippen MR) is 110 cm³/mol. The first-order chi connectivity index (χ1) is 13.5. The zero-order valence-electron chi connectivity index (χ0n) is 15.3. The maximum Gasteiger partial charge on any atom is 0.350 e. The Morgan fingerprint density at radius 3 is 2.45 bits per heavy atom.